The van der Waals surface area contributed by atoms with Gasteiger partial charge in [0, 0.05) is 106 Å². The quantitative estimate of drug-likeness (QED) is 0.0355. The number of aromatic hydroxyl groups is 6. The van der Waals surface area contributed by atoms with Gasteiger partial charge in [-0.2, -0.15) is 0 Å². The molecule has 561 valence electrons. The van der Waals surface area contributed by atoms with Crippen molar-refractivity contribution in [1.29, 1.82) is 0 Å². The Bertz CT molecular complexity index is 4860. The molecule has 0 fully saturated rings. The van der Waals surface area contributed by atoms with Crippen LogP contribution in [0.3, 0.4) is 0 Å². The van der Waals surface area contributed by atoms with Crippen molar-refractivity contribution in [1.82, 2.24) is 31.9 Å². The molecule has 6 amide bonds. The van der Waals surface area contributed by atoms with Crippen LogP contribution in [0.25, 0.3) is 98.0 Å². The number of phenolic OH excluding ortho intramolecular Hbond substituents is 6. The smallest absolute Gasteiger partial charge is 0.523 e. The highest BCUT2D eigenvalue weighted by atomic mass is 16.6. The highest BCUT2D eigenvalue weighted by Crippen LogP contribution is 2.57. The summed E-state index contributed by atoms with van der Waals surface area (Å²) in [5, 5.41) is 97.0. The molecule has 3 radical (unpaired) electrons. The van der Waals surface area contributed by atoms with E-state index in [-0.39, 0.29) is 166 Å². The summed E-state index contributed by atoms with van der Waals surface area (Å²) in [4.78, 5) is 82.9. The second-order valence-corrected chi connectivity index (χ2v) is 26.7. The first-order chi connectivity index (χ1) is 53.8. The third-order valence-corrected chi connectivity index (χ3v) is 19.0. The molecule has 24 nitrogen and oxygen atoms in total. The summed E-state index contributed by atoms with van der Waals surface area (Å²) in [5.74, 6) is -8.39. The molecule has 12 N–H and O–H groups in total. The fourth-order valence-corrected chi connectivity index (χ4v) is 13.7. The molecule has 0 atom stereocenters. The van der Waals surface area contributed by atoms with Crippen molar-refractivity contribution in [2.24, 2.45) is 0 Å². The molecule has 0 spiro atoms. The van der Waals surface area contributed by atoms with Crippen molar-refractivity contribution in [2.75, 3.05) is 39.3 Å². The van der Waals surface area contributed by atoms with Crippen LogP contribution in [0, 0.1) is 0 Å². The van der Waals surface area contributed by atoms with E-state index < -0.39 is 69.9 Å². The van der Waals surface area contributed by atoms with Gasteiger partial charge in [-0.1, -0.05) is 77.9 Å². The molecule has 0 saturated carbocycles. The van der Waals surface area contributed by atoms with Gasteiger partial charge in [0.1, 0.15) is 0 Å². The van der Waals surface area contributed by atoms with Crippen molar-refractivity contribution in [3.8, 4) is 102 Å². The SMILES string of the molecule is CCCNC(=O)c1ccc2c3c(c(O)cc2c1)O[B]Oc1c(O)cc2cc(C(=O)NCCC)ccc2c1-c1c(c(O)cc2cc(C(=O)NCCC)ccc12)O[B]Oc1c(O)cc2cc(C(=O)NCCC)ccc2c1-c1c(c(O)cc2cc(C(=O)NCCC)ccc12)O[B]Oc1c(O)cc2cc(C(=O)NCCC)ccc2c1-3. The van der Waals surface area contributed by atoms with Crippen LogP contribution in [-0.4, -0.2) is 128 Å². The number of fused-ring (bicyclic) bond motifs is 21. The number of rotatable bonds is 18. The van der Waals surface area contributed by atoms with E-state index in [9.17, 15) is 59.4 Å². The van der Waals surface area contributed by atoms with Gasteiger partial charge in [-0.3, -0.25) is 28.8 Å². The first kappa shape index (κ1) is 76.0. The second kappa shape index (κ2) is 33.1. The van der Waals surface area contributed by atoms with E-state index >= 15 is 0 Å². The Morgan fingerprint density at radius 2 is 0.387 bits per heavy atom. The number of phenols is 6. The molecule has 27 heteroatoms. The van der Waals surface area contributed by atoms with Gasteiger partial charge < -0.3 is 90.5 Å². The summed E-state index contributed by atoms with van der Waals surface area (Å²) in [6, 6.07) is 36.2. The first-order valence-electron chi connectivity index (χ1n) is 36.7. The number of carbonyl (C=O) groups excluding carboxylic acids is 6. The Hall–Kier alpha value is -13.2. The van der Waals surface area contributed by atoms with E-state index in [1.807, 2.05) is 41.5 Å². The van der Waals surface area contributed by atoms with Gasteiger partial charge in [0.25, 0.3) is 35.4 Å². The average molecular weight is 1490 g/mol. The lowest BCUT2D eigenvalue weighted by Gasteiger charge is -2.23. The molecule has 12 aromatic rings. The Balaban J connectivity index is 1.14. The minimum absolute atomic E-state index is 0.0339. The molecular weight excluding hydrogens is 1410 g/mol. The van der Waals surface area contributed by atoms with Crippen molar-refractivity contribution in [3.63, 3.8) is 0 Å². The molecular formula is C84H78B3N6O18. The lowest BCUT2D eigenvalue weighted by molar-refractivity contribution is 0.0945. The Labute approximate surface area is 639 Å². The van der Waals surface area contributed by atoms with Gasteiger partial charge in [0.05, 0.1) is 0 Å². The van der Waals surface area contributed by atoms with Gasteiger partial charge in [0.15, 0.2) is 69.0 Å². The summed E-state index contributed by atoms with van der Waals surface area (Å²) in [6.45, 7) is 13.5. The van der Waals surface area contributed by atoms with Gasteiger partial charge >= 0.3 is 23.1 Å². The van der Waals surface area contributed by atoms with E-state index in [2.05, 4.69) is 31.9 Å². The molecule has 1 aliphatic heterocycles. The predicted octanol–water partition coefficient (Wildman–Crippen LogP) is 14.0. The Morgan fingerprint density at radius 3 is 0.523 bits per heavy atom. The molecule has 0 aromatic heterocycles. The number of nitrogens with one attached hydrogen (secondary N) is 6. The summed E-state index contributed by atoms with van der Waals surface area (Å²) in [6.07, 6.45) is 3.75. The molecule has 111 heavy (non-hydrogen) atoms. The maximum Gasteiger partial charge on any atom is 0.658 e. The number of amides is 6. The van der Waals surface area contributed by atoms with Gasteiger partial charge in [-0.25, -0.2) is 0 Å². The molecule has 12 aromatic carbocycles. The molecule has 0 bridgehead atoms. The molecule has 0 aliphatic carbocycles. The summed E-state index contributed by atoms with van der Waals surface area (Å²) < 4.78 is 39.7. The number of benzene rings is 12. The van der Waals surface area contributed by atoms with Crippen molar-refractivity contribution in [3.05, 3.63) is 179 Å². The summed E-state index contributed by atoms with van der Waals surface area (Å²) in [5.41, 5.74) is 1.01. The van der Waals surface area contributed by atoms with Crippen LogP contribution >= 0.6 is 0 Å². The van der Waals surface area contributed by atoms with Gasteiger partial charge in [0.2, 0.25) is 0 Å². The molecule has 1 aliphatic rings. The van der Waals surface area contributed by atoms with Gasteiger partial charge in [-0.15, -0.1) is 0 Å². The van der Waals surface area contributed by atoms with Crippen LogP contribution in [0.2, 0.25) is 0 Å². The van der Waals surface area contributed by atoms with Crippen LogP contribution in [-0.2, 0) is 0 Å². The largest absolute Gasteiger partial charge is 0.658 e. The number of hydrogen-bond acceptors (Lipinski definition) is 18. The van der Waals surface area contributed by atoms with Crippen LogP contribution in [0.1, 0.15) is 142 Å². The van der Waals surface area contributed by atoms with Crippen LogP contribution in [0.4, 0.5) is 0 Å². The number of hydrogen-bond donors (Lipinski definition) is 12. The van der Waals surface area contributed by atoms with E-state index in [0.717, 1.165) is 23.1 Å². The fraction of sp³-hybridized carbons (Fsp3) is 0.214. The zero-order chi connectivity index (χ0) is 78.3. The summed E-state index contributed by atoms with van der Waals surface area (Å²) >= 11 is 0. The topological polar surface area (TPSA) is 351 Å². The van der Waals surface area contributed by atoms with Crippen molar-refractivity contribution < 1.29 is 87.3 Å². The molecule has 0 unspecified atom stereocenters. The lowest BCUT2D eigenvalue weighted by atomic mass is 9.89. The maximum absolute atomic E-state index is 13.8. The third kappa shape index (κ3) is 15.3. The minimum atomic E-state index is -0.583. The normalized spacial score (nSPS) is 11.9. The number of carbonyl (C=O) groups is 6. The van der Waals surface area contributed by atoms with Crippen LogP contribution < -0.4 is 59.8 Å². The maximum atomic E-state index is 13.8. The Kier molecular flexibility index (Phi) is 22.7. The second-order valence-electron chi connectivity index (χ2n) is 26.7. The molecule has 1 heterocycles. The van der Waals surface area contributed by atoms with Gasteiger partial charge in [-0.05, 0) is 212 Å². The van der Waals surface area contributed by atoms with E-state index in [1.165, 1.54) is 36.4 Å². The Morgan fingerprint density at radius 1 is 0.243 bits per heavy atom. The molecule has 13 rings (SSSR count). The third-order valence-electron chi connectivity index (χ3n) is 19.0. The van der Waals surface area contributed by atoms with Crippen molar-refractivity contribution >= 4 is 123 Å². The first-order valence-corrected chi connectivity index (χ1v) is 36.7. The minimum Gasteiger partial charge on any atom is -0.523 e. The zero-order valence-corrected chi connectivity index (χ0v) is 61.7. The van der Waals surface area contributed by atoms with Crippen molar-refractivity contribution in [2.45, 2.75) is 80.1 Å². The highest BCUT2D eigenvalue weighted by Gasteiger charge is 2.33. The van der Waals surface area contributed by atoms with Crippen LogP contribution in [0.5, 0.6) is 69.0 Å². The lowest BCUT2D eigenvalue weighted by Crippen LogP contribution is -2.23. The zero-order valence-electron chi connectivity index (χ0n) is 61.7. The average Bonchev–Trinajstić information content (AvgIpc) is 0.807. The monoisotopic (exact) mass is 1490 g/mol. The van der Waals surface area contributed by atoms with E-state index in [1.54, 1.807) is 109 Å². The summed E-state index contributed by atoms with van der Waals surface area (Å²) in [7, 11) is 2.42. The van der Waals surface area contributed by atoms with E-state index in [0.29, 0.717) is 77.8 Å². The predicted molar refractivity (Wildman–Crippen MR) is 427 cm³/mol. The van der Waals surface area contributed by atoms with Crippen LogP contribution in [0.15, 0.2) is 146 Å². The highest BCUT2D eigenvalue weighted by molar-refractivity contribution is 6.28. The fourth-order valence-electron chi connectivity index (χ4n) is 13.7. The standard InChI is InChI=1S/C84H78B3N6O18/c1-7-25-88-79(100)43-13-19-55-49(31-43)37-61(94)73-67(55)68-56-20-14-44(80(101)89-26-8-2)32-50(56)38-62(95)74(68)107-86-109-76-64(97)40-52-34-47(83(104)92-29-11-5)17-23-59(52)71(76)72-60-24-18-48(84(105)93-30-12-6)36-54(60)42-66(99)78(72)111-87-110-77-65(98)41-53-35-46(82(103)91-28-10-4)16-22-58(53)70(77)69-57-21-15-45(81(102)90-27-9-3)33-51(57)39-63(96)75(69)108-85-106-73/h13-24,31-42,94-99H,7-12,25-30H2,1-6H3,(H,88,100)(H,89,101)(H,90,102)(H,91,103)(H,92,104)(H,93,105). The van der Waals surface area contributed by atoms with E-state index in [4.69, 9.17) is 27.9 Å². The molecule has 0 saturated heterocycles.